The van der Waals surface area contributed by atoms with Crippen molar-refractivity contribution < 1.29 is 9.21 Å². The van der Waals surface area contributed by atoms with Crippen molar-refractivity contribution in [3.05, 3.63) is 81.2 Å². The van der Waals surface area contributed by atoms with Gasteiger partial charge in [0, 0.05) is 6.54 Å². The van der Waals surface area contributed by atoms with E-state index >= 15 is 0 Å². The van der Waals surface area contributed by atoms with Gasteiger partial charge in [-0.2, -0.15) is 0 Å². The zero-order valence-corrected chi connectivity index (χ0v) is 19.4. The maximum atomic E-state index is 13.5. The summed E-state index contributed by atoms with van der Waals surface area (Å²) in [5, 5.41) is 0.521. The third-order valence-corrected chi connectivity index (χ3v) is 6.56. The highest BCUT2D eigenvalue weighted by Gasteiger charge is 2.42. The van der Waals surface area contributed by atoms with Crippen LogP contribution in [0.2, 0.25) is 0 Å². The molecule has 3 aromatic rings. The van der Waals surface area contributed by atoms with Gasteiger partial charge in [-0.05, 0) is 55.2 Å². The summed E-state index contributed by atoms with van der Waals surface area (Å²) in [5.41, 5.74) is 3.00. The molecule has 1 amide bonds. The van der Waals surface area contributed by atoms with E-state index < -0.39 is 6.04 Å². The molecule has 5 heteroatoms. The number of benzene rings is 2. The zero-order chi connectivity index (χ0) is 22.8. The summed E-state index contributed by atoms with van der Waals surface area (Å²) in [6.07, 6.45) is 0.843. The van der Waals surface area contributed by atoms with Crippen LogP contribution in [0.15, 0.2) is 57.7 Å². The van der Waals surface area contributed by atoms with Gasteiger partial charge in [0.1, 0.15) is 5.58 Å². The van der Waals surface area contributed by atoms with E-state index in [4.69, 9.17) is 4.42 Å². The molecule has 0 fully saturated rings. The van der Waals surface area contributed by atoms with Crippen molar-refractivity contribution >= 4 is 16.9 Å². The Balaban J connectivity index is 1.77. The van der Waals surface area contributed by atoms with E-state index in [2.05, 4.69) is 56.9 Å². The number of carbonyl (C=O) groups is 1. The Hall–Kier alpha value is -2.92. The predicted molar refractivity (Wildman–Crippen MR) is 128 cm³/mol. The van der Waals surface area contributed by atoms with Crippen LogP contribution in [0.5, 0.6) is 0 Å². The fourth-order valence-corrected chi connectivity index (χ4v) is 4.61. The van der Waals surface area contributed by atoms with Crippen molar-refractivity contribution in [3.63, 3.8) is 0 Å². The lowest BCUT2D eigenvalue weighted by atomic mass is 9.95. The van der Waals surface area contributed by atoms with Crippen LogP contribution in [-0.2, 0) is 0 Å². The second-order valence-corrected chi connectivity index (χ2v) is 8.77. The molecule has 1 atom stereocenters. The third kappa shape index (κ3) is 3.97. The van der Waals surface area contributed by atoms with E-state index in [1.54, 1.807) is 12.1 Å². The molecule has 0 unspecified atom stereocenters. The quantitative estimate of drug-likeness (QED) is 0.491. The molecule has 5 nitrogen and oxygen atoms in total. The Morgan fingerprint density at radius 1 is 1.00 bits per heavy atom. The molecule has 2 aromatic carbocycles. The lowest BCUT2D eigenvalue weighted by Gasteiger charge is -2.27. The summed E-state index contributed by atoms with van der Waals surface area (Å²) in [6.45, 7) is 12.1. The number of hydrogen-bond acceptors (Lipinski definition) is 4. The minimum Gasteiger partial charge on any atom is -0.450 e. The lowest BCUT2D eigenvalue weighted by Crippen LogP contribution is -2.33. The second kappa shape index (κ2) is 9.29. The topological polar surface area (TPSA) is 53.8 Å². The molecular formula is C27H32N2O3. The Morgan fingerprint density at radius 3 is 2.34 bits per heavy atom. The van der Waals surface area contributed by atoms with Crippen molar-refractivity contribution in [3.8, 4) is 0 Å². The standard InChI is InChI=1S/C27H32N2O3/c1-5-28(6-2)16-9-17-29-24(20-14-12-19(13-15-20)18(3)4)23-25(30)21-10-7-8-11-22(21)32-26(23)27(29)31/h7-8,10-15,18,24H,5-6,9,16-17H2,1-4H3/t24-/m0/s1. The van der Waals surface area contributed by atoms with Crippen LogP contribution >= 0.6 is 0 Å². The number of para-hydroxylation sites is 1. The van der Waals surface area contributed by atoms with E-state index in [9.17, 15) is 9.59 Å². The molecule has 168 valence electrons. The highest BCUT2D eigenvalue weighted by molar-refractivity contribution is 5.99. The summed E-state index contributed by atoms with van der Waals surface area (Å²) < 4.78 is 6.01. The molecule has 32 heavy (non-hydrogen) atoms. The molecule has 0 saturated heterocycles. The van der Waals surface area contributed by atoms with Gasteiger partial charge in [0.2, 0.25) is 5.76 Å². The number of nitrogens with zero attached hydrogens (tertiary/aromatic N) is 2. The number of carbonyl (C=O) groups excluding carboxylic acids is 1. The first-order valence-corrected chi connectivity index (χ1v) is 11.6. The van der Waals surface area contributed by atoms with Gasteiger partial charge in [-0.15, -0.1) is 0 Å². The zero-order valence-electron chi connectivity index (χ0n) is 19.4. The molecule has 1 aliphatic heterocycles. The largest absolute Gasteiger partial charge is 0.450 e. The number of hydrogen-bond donors (Lipinski definition) is 0. The average molecular weight is 433 g/mol. The van der Waals surface area contributed by atoms with Gasteiger partial charge in [0.25, 0.3) is 5.91 Å². The fourth-order valence-electron chi connectivity index (χ4n) is 4.61. The van der Waals surface area contributed by atoms with E-state index in [0.29, 0.717) is 29.0 Å². The molecule has 0 saturated carbocycles. The van der Waals surface area contributed by atoms with Crippen LogP contribution in [0.3, 0.4) is 0 Å². The van der Waals surface area contributed by atoms with Crippen molar-refractivity contribution in [1.29, 1.82) is 0 Å². The minimum absolute atomic E-state index is 0.112. The Morgan fingerprint density at radius 2 is 1.69 bits per heavy atom. The van der Waals surface area contributed by atoms with Crippen LogP contribution in [0.1, 0.15) is 73.3 Å². The average Bonchev–Trinajstić information content (AvgIpc) is 3.09. The van der Waals surface area contributed by atoms with E-state index in [-0.39, 0.29) is 17.1 Å². The van der Waals surface area contributed by atoms with Crippen molar-refractivity contribution in [2.24, 2.45) is 0 Å². The summed E-state index contributed by atoms with van der Waals surface area (Å²) in [5.74, 6) is 0.413. The first-order chi connectivity index (χ1) is 15.5. The normalized spacial score (nSPS) is 15.9. The first-order valence-electron chi connectivity index (χ1n) is 11.6. The van der Waals surface area contributed by atoms with Gasteiger partial charge < -0.3 is 14.2 Å². The van der Waals surface area contributed by atoms with Crippen molar-refractivity contribution in [1.82, 2.24) is 9.80 Å². The number of rotatable bonds is 8. The highest BCUT2D eigenvalue weighted by atomic mass is 16.3. The van der Waals surface area contributed by atoms with E-state index in [0.717, 1.165) is 31.6 Å². The Kier molecular flexibility index (Phi) is 6.47. The minimum atomic E-state index is -0.420. The summed E-state index contributed by atoms with van der Waals surface area (Å²) in [4.78, 5) is 31.1. The van der Waals surface area contributed by atoms with Crippen molar-refractivity contribution in [2.45, 2.75) is 46.1 Å². The molecule has 1 aromatic heterocycles. The maximum Gasteiger partial charge on any atom is 0.290 e. The third-order valence-electron chi connectivity index (χ3n) is 6.56. The molecule has 1 aliphatic rings. The smallest absolute Gasteiger partial charge is 0.290 e. The maximum absolute atomic E-state index is 13.5. The molecule has 0 radical (unpaired) electrons. The van der Waals surface area contributed by atoms with Gasteiger partial charge in [0.05, 0.1) is 17.0 Å². The van der Waals surface area contributed by atoms with E-state index in [1.807, 2.05) is 17.0 Å². The molecular weight excluding hydrogens is 400 g/mol. The SMILES string of the molecule is CCN(CC)CCCN1C(=O)c2oc3ccccc3c(=O)c2[C@@H]1c1ccc(C(C)C)cc1. The van der Waals surface area contributed by atoms with Crippen molar-refractivity contribution in [2.75, 3.05) is 26.2 Å². The Bertz CT molecular complexity index is 1160. The fraction of sp³-hybridized carbons (Fsp3) is 0.407. The summed E-state index contributed by atoms with van der Waals surface area (Å²) >= 11 is 0. The molecule has 0 spiro atoms. The molecule has 0 N–H and O–H groups in total. The molecule has 2 heterocycles. The molecule has 4 rings (SSSR count). The van der Waals surface area contributed by atoms with Gasteiger partial charge in [-0.25, -0.2) is 0 Å². The van der Waals surface area contributed by atoms with Crippen LogP contribution in [0, 0.1) is 0 Å². The number of amides is 1. The van der Waals surface area contributed by atoms with Crippen LogP contribution in [0.4, 0.5) is 0 Å². The van der Waals surface area contributed by atoms with Crippen LogP contribution in [0.25, 0.3) is 11.0 Å². The predicted octanol–water partition coefficient (Wildman–Crippen LogP) is 5.19. The van der Waals surface area contributed by atoms with Crippen LogP contribution < -0.4 is 5.43 Å². The van der Waals surface area contributed by atoms with Gasteiger partial charge >= 0.3 is 0 Å². The second-order valence-electron chi connectivity index (χ2n) is 8.77. The summed E-state index contributed by atoms with van der Waals surface area (Å²) in [6, 6.07) is 15.0. The van der Waals surface area contributed by atoms with Gasteiger partial charge in [-0.3, -0.25) is 9.59 Å². The highest BCUT2D eigenvalue weighted by Crippen LogP contribution is 2.38. The molecule has 0 aliphatic carbocycles. The van der Waals surface area contributed by atoms with Crippen LogP contribution in [-0.4, -0.2) is 41.9 Å². The van der Waals surface area contributed by atoms with E-state index in [1.165, 1.54) is 5.56 Å². The lowest BCUT2D eigenvalue weighted by molar-refractivity contribution is 0.0720. The number of fused-ring (bicyclic) bond motifs is 2. The van der Waals surface area contributed by atoms with Gasteiger partial charge in [0.15, 0.2) is 5.43 Å². The first kappa shape index (κ1) is 22.3. The Labute approximate surface area is 189 Å². The monoisotopic (exact) mass is 432 g/mol. The molecule has 0 bridgehead atoms. The summed E-state index contributed by atoms with van der Waals surface area (Å²) in [7, 11) is 0. The van der Waals surface area contributed by atoms with Gasteiger partial charge in [-0.1, -0.05) is 64.1 Å².